The van der Waals surface area contributed by atoms with Gasteiger partial charge in [0.15, 0.2) is 0 Å². The summed E-state index contributed by atoms with van der Waals surface area (Å²) in [4.78, 5) is 38.3. The molecule has 0 aromatic heterocycles. The molecule has 4 aromatic carbocycles. The third-order valence-corrected chi connectivity index (χ3v) is 6.90. The van der Waals surface area contributed by atoms with Gasteiger partial charge in [-0.15, -0.1) is 11.8 Å². The Balaban J connectivity index is 1.52. The highest BCUT2D eigenvalue weighted by Gasteiger charge is 2.20. The van der Waals surface area contributed by atoms with Crippen molar-refractivity contribution >= 4 is 51.7 Å². The summed E-state index contributed by atoms with van der Waals surface area (Å²) in [5.74, 6) is -2.38. The number of carboxylic acids is 1. The molecule has 36 heavy (non-hydrogen) atoms. The van der Waals surface area contributed by atoms with Crippen molar-refractivity contribution in [1.29, 1.82) is 0 Å². The number of hydrogen-bond acceptors (Lipinski definition) is 4. The Bertz CT molecular complexity index is 1450. The van der Waals surface area contributed by atoms with E-state index < -0.39 is 22.9 Å². The Labute approximate surface area is 211 Å². The number of carboxylic acid groups (broad SMARTS) is 1. The molecule has 0 spiro atoms. The molecule has 0 bridgehead atoms. The highest BCUT2D eigenvalue weighted by molar-refractivity contribution is 8.00. The van der Waals surface area contributed by atoms with Crippen LogP contribution in [-0.2, 0) is 4.79 Å². The molecule has 6 nitrogen and oxygen atoms in total. The summed E-state index contributed by atoms with van der Waals surface area (Å²) in [5.41, 5.74) is 0.922. The van der Waals surface area contributed by atoms with Crippen LogP contribution in [0.1, 0.15) is 34.1 Å². The van der Waals surface area contributed by atoms with Crippen LogP contribution >= 0.6 is 11.8 Å². The zero-order valence-corrected chi connectivity index (χ0v) is 20.1. The van der Waals surface area contributed by atoms with Gasteiger partial charge in [0.05, 0.1) is 16.5 Å². The summed E-state index contributed by atoms with van der Waals surface area (Å²) in [6.45, 7) is 1.87. The van der Waals surface area contributed by atoms with E-state index in [9.17, 15) is 23.9 Å². The van der Waals surface area contributed by atoms with Gasteiger partial charge in [0.2, 0.25) is 5.91 Å². The Morgan fingerprint density at radius 2 is 1.58 bits per heavy atom. The smallest absolute Gasteiger partial charge is 0.336 e. The van der Waals surface area contributed by atoms with Crippen molar-refractivity contribution < 1.29 is 23.9 Å². The molecule has 0 fully saturated rings. The molecule has 4 rings (SSSR count). The fourth-order valence-corrected chi connectivity index (χ4v) is 4.83. The van der Waals surface area contributed by atoms with Gasteiger partial charge < -0.3 is 15.7 Å². The quantitative estimate of drug-likeness (QED) is 0.241. The molecule has 3 N–H and O–H groups in total. The maximum atomic E-state index is 13.9. The van der Waals surface area contributed by atoms with E-state index >= 15 is 0 Å². The van der Waals surface area contributed by atoms with Gasteiger partial charge in [-0.3, -0.25) is 9.59 Å². The summed E-state index contributed by atoms with van der Waals surface area (Å²) in [6.07, 6.45) is 0.509. The van der Waals surface area contributed by atoms with Gasteiger partial charge in [0, 0.05) is 21.5 Å². The lowest BCUT2D eigenvalue weighted by Gasteiger charge is -2.16. The molecule has 182 valence electrons. The van der Waals surface area contributed by atoms with Crippen molar-refractivity contribution in [3.05, 3.63) is 102 Å². The molecule has 0 heterocycles. The Kier molecular flexibility index (Phi) is 7.65. The Morgan fingerprint density at radius 3 is 2.28 bits per heavy atom. The number of rotatable bonds is 8. The molecule has 2 amide bonds. The first-order valence-corrected chi connectivity index (χ1v) is 12.1. The van der Waals surface area contributed by atoms with Crippen LogP contribution in [0.25, 0.3) is 10.8 Å². The first kappa shape index (κ1) is 24.9. The standard InChI is InChI=1S/C28H23FN2O4S/c1-2-24(27(33)31-23-15-4-3-14-22(23)29)36-19-11-7-10-18(16-19)30-26(32)20-12-5-8-17-9-6-13-21(25(17)20)28(34)35/h3-16,24H,2H2,1H3,(H,30,32)(H,31,33)(H,34,35). The van der Waals surface area contributed by atoms with E-state index in [4.69, 9.17) is 0 Å². The second-order valence-electron chi connectivity index (χ2n) is 7.98. The molecule has 0 aliphatic heterocycles. The average molecular weight is 503 g/mol. The number of amides is 2. The number of benzene rings is 4. The predicted molar refractivity (Wildman–Crippen MR) is 140 cm³/mol. The summed E-state index contributed by atoms with van der Waals surface area (Å²) < 4.78 is 13.9. The molecule has 0 aliphatic rings. The third-order valence-electron chi connectivity index (χ3n) is 5.54. The largest absolute Gasteiger partial charge is 0.478 e. The molecule has 0 saturated heterocycles. The topological polar surface area (TPSA) is 95.5 Å². The number of carbonyl (C=O) groups is 3. The van der Waals surface area contributed by atoms with Crippen LogP contribution in [-0.4, -0.2) is 28.1 Å². The van der Waals surface area contributed by atoms with E-state index in [2.05, 4.69) is 10.6 Å². The molecule has 1 unspecified atom stereocenters. The van der Waals surface area contributed by atoms with Crippen molar-refractivity contribution in [3.63, 3.8) is 0 Å². The minimum Gasteiger partial charge on any atom is -0.478 e. The number of carbonyl (C=O) groups excluding carboxylic acids is 2. The molecule has 0 radical (unpaired) electrons. The number of nitrogens with one attached hydrogen (secondary N) is 2. The van der Waals surface area contributed by atoms with E-state index in [-0.39, 0.29) is 22.7 Å². The van der Waals surface area contributed by atoms with Gasteiger partial charge in [-0.25, -0.2) is 9.18 Å². The van der Waals surface area contributed by atoms with E-state index in [1.165, 1.54) is 30.0 Å². The monoisotopic (exact) mass is 502 g/mol. The predicted octanol–water partition coefficient (Wildman–Crippen LogP) is 6.44. The molecule has 1 atom stereocenters. The molecule has 4 aromatic rings. The highest BCUT2D eigenvalue weighted by Crippen LogP contribution is 2.30. The maximum Gasteiger partial charge on any atom is 0.336 e. The molecular weight excluding hydrogens is 479 g/mol. The van der Waals surface area contributed by atoms with Crippen LogP contribution < -0.4 is 10.6 Å². The van der Waals surface area contributed by atoms with Crippen LogP contribution in [0, 0.1) is 5.82 Å². The summed E-state index contributed by atoms with van der Waals surface area (Å²) >= 11 is 1.30. The maximum absolute atomic E-state index is 13.9. The van der Waals surface area contributed by atoms with Crippen molar-refractivity contribution in [2.24, 2.45) is 0 Å². The number of para-hydroxylation sites is 1. The van der Waals surface area contributed by atoms with Crippen LogP contribution in [0.4, 0.5) is 15.8 Å². The van der Waals surface area contributed by atoms with E-state index in [0.717, 1.165) is 4.90 Å². The van der Waals surface area contributed by atoms with Gasteiger partial charge in [0.1, 0.15) is 5.82 Å². The zero-order valence-electron chi connectivity index (χ0n) is 19.3. The summed E-state index contributed by atoms with van der Waals surface area (Å²) in [7, 11) is 0. The second-order valence-corrected chi connectivity index (χ2v) is 9.26. The lowest BCUT2D eigenvalue weighted by atomic mass is 9.98. The van der Waals surface area contributed by atoms with Gasteiger partial charge in [-0.2, -0.15) is 0 Å². The van der Waals surface area contributed by atoms with Crippen LogP contribution in [0.3, 0.4) is 0 Å². The minimum absolute atomic E-state index is 0.0502. The van der Waals surface area contributed by atoms with Crippen LogP contribution in [0.15, 0.2) is 89.8 Å². The van der Waals surface area contributed by atoms with Gasteiger partial charge in [-0.1, -0.05) is 49.4 Å². The lowest BCUT2D eigenvalue weighted by Crippen LogP contribution is -2.25. The van der Waals surface area contributed by atoms with Gasteiger partial charge >= 0.3 is 5.97 Å². The third kappa shape index (κ3) is 5.55. The summed E-state index contributed by atoms with van der Waals surface area (Å²) in [6, 6.07) is 22.9. The molecule has 8 heteroatoms. The van der Waals surface area contributed by atoms with Crippen molar-refractivity contribution in [1.82, 2.24) is 0 Å². The molecular formula is C28H23FN2O4S. The Hall–Kier alpha value is -4.17. The normalized spacial score (nSPS) is 11.6. The van der Waals surface area contributed by atoms with Gasteiger partial charge in [-0.05, 0) is 54.3 Å². The van der Waals surface area contributed by atoms with Crippen molar-refractivity contribution in [2.75, 3.05) is 10.6 Å². The second kappa shape index (κ2) is 11.0. The Morgan fingerprint density at radius 1 is 0.889 bits per heavy atom. The zero-order chi connectivity index (χ0) is 25.7. The number of anilines is 2. The van der Waals surface area contributed by atoms with E-state index in [0.29, 0.717) is 22.9 Å². The first-order valence-electron chi connectivity index (χ1n) is 11.3. The van der Waals surface area contributed by atoms with Crippen molar-refractivity contribution in [3.8, 4) is 0 Å². The summed E-state index contributed by atoms with van der Waals surface area (Å²) in [5, 5.41) is 15.6. The minimum atomic E-state index is -1.11. The van der Waals surface area contributed by atoms with Crippen molar-refractivity contribution in [2.45, 2.75) is 23.5 Å². The van der Waals surface area contributed by atoms with Crippen LogP contribution in [0.2, 0.25) is 0 Å². The SMILES string of the molecule is CCC(Sc1cccc(NC(=O)c2cccc3cccc(C(=O)O)c23)c1)C(=O)Nc1ccccc1F. The number of hydrogen-bond donors (Lipinski definition) is 3. The molecule has 0 aliphatic carbocycles. The van der Waals surface area contributed by atoms with E-state index in [1.807, 2.05) is 13.0 Å². The van der Waals surface area contributed by atoms with Crippen LogP contribution in [0.5, 0.6) is 0 Å². The number of halogens is 1. The lowest BCUT2D eigenvalue weighted by molar-refractivity contribution is -0.115. The van der Waals surface area contributed by atoms with Gasteiger partial charge in [0.25, 0.3) is 5.91 Å². The molecule has 0 saturated carbocycles. The number of fused-ring (bicyclic) bond motifs is 1. The fourth-order valence-electron chi connectivity index (χ4n) is 3.82. The number of thioether (sulfide) groups is 1. The highest BCUT2D eigenvalue weighted by atomic mass is 32.2. The first-order chi connectivity index (χ1) is 17.4. The number of aromatic carboxylic acids is 1. The fraction of sp³-hybridized carbons (Fsp3) is 0.107. The average Bonchev–Trinajstić information content (AvgIpc) is 2.88. The van der Waals surface area contributed by atoms with E-state index in [1.54, 1.807) is 60.7 Å².